The molecular formula is C11H16F3NO3. The molecule has 18 heavy (non-hydrogen) atoms. The predicted octanol–water partition coefficient (Wildman–Crippen LogP) is 2.06. The molecule has 0 bridgehead atoms. The largest absolute Gasteiger partial charge is 0.480 e. The minimum atomic E-state index is -5.10. The minimum Gasteiger partial charge on any atom is -0.480 e. The van der Waals surface area contributed by atoms with E-state index in [2.05, 4.69) is 6.58 Å². The molecule has 1 N–H and O–H groups in total. The zero-order chi connectivity index (χ0) is 14.9. The molecule has 1 unspecified atom stereocenters. The van der Waals surface area contributed by atoms with E-state index in [9.17, 15) is 22.8 Å². The molecule has 0 fully saturated rings. The summed E-state index contributed by atoms with van der Waals surface area (Å²) < 4.78 is 36.9. The van der Waals surface area contributed by atoms with Crippen LogP contribution in [0.4, 0.5) is 13.2 Å². The number of aliphatic carboxylic acids is 1. The van der Waals surface area contributed by atoms with Crippen molar-refractivity contribution in [1.82, 2.24) is 4.90 Å². The lowest BCUT2D eigenvalue weighted by Crippen LogP contribution is -2.54. The van der Waals surface area contributed by atoms with Crippen LogP contribution in [0.2, 0.25) is 0 Å². The first kappa shape index (κ1) is 16.5. The maximum atomic E-state index is 12.3. The Morgan fingerprint density at radius 2 is 1.67 bits per heavy atom. The van der Waals surface area contributed by atoms with Crippen LogP contribution >= 0.6 is 0 Å². The van der Waals surface area contributed by atoms with Gasteiger partial charge in [0.25, 0.3) is 0 Å². The standard InChI is InChI=1S/C11H16F3NO3/c1-6(2)10(3,4)7(8(16)17)15(5)9(18)11(12,13)14/h7H,1H2,2-5H3,(H,16,17). The number of likely N-dealkylation sites (N-methyl/N-ethyl adjacent to an activating group) is 1. The van der Waals surface area contributed by atoms with Crippen LogP contribution < -0.4 is 0 Å². The van der Waals surface area contributed by atoms with Gasteiger partial charge < -0.3 is 10.0 Å². The van der Waals surface area contributed by atoms with E-state index in [1.165, 1.54) is 20.8 Å². The lowest BCUT2D eigenvalue weighted by molar-refractivity contribution is -0.190. The molecule has 0 saturated carbocycles. The molecule has 0 aromatic rings. The van der Waals surface area contributed by atoms with Gasteiger partial charge in [-0.05, 0) is 6.92 Å². The molecule has 0 aliphatic carbocycles. The van der Waals surface area contributed by atoms with Gasteiger partial charge in [0, 0.05) is 12.5 Å². The number of carboxylic acid groups (broad SMARTS) is 1. The molecule has 1 amide bonds. The van der Waals surface area contributed by atoms with Gasteiger partial charge in [-0.3, -0.25) is 4.79 Å². The summed E-state index contributed by atoms with van der Waals surface area (Å²) in [5, 5.41) is 9.04. The normalized spacial score (nSPS) is 13.9. The molecule has 7 heteroatoms. The zero-order valence-electron chi connectivity index (χ0n) is 10.6. The molecule has 104 valence electrons. The van der Waals surface area contributed by atoms with Crippen molar-refractivity contribution in [3.05, 3.63) is 12.2 Å². The van der Waals surface area contributed by atoms with Crippen molar-refractivity contribution in [2.45, 2.75) is 33.0 Å². The summed E-state index contributed by atoms with van der Waals surface area (Å²) in [5.74, 6) is -3.70. The highest BCUT2D eigenvalue weighted by molar-refractivity contribution is 5.87. The third-order valence-electron chi connectivity index (χ3n) is 2.97. The van der Waals surface area contributed by atoms with Crippen LogP contribution in [-0.4, -0.2) is 41.1 Å². The Morgan fingerprint density at radius 3 is 1.89 bits per heavy atom. The number of hydrogen-bond acceptors (Lipinski definition) is 2. The van der Waals surface area contributed by atoms with Crippen LogP contribution in [0, 0.1) is 5.41 Å². The number of alkyl halides is 3. The zero-order valence-corrected chi connectivity index (χ0v) is 10.6. The quantitative estimate of drug-likeness (QED) is 0.793. The summed E-state index contributed by atoms with van der Waals surface area (Å²) in [7, 11) is 0.819. The monoisotopic (exact) mass is 267 g/mol. The maximum Gasteiger partial charge on any atom is 0.471 e. The number of carboxylic acids is 1. The fraction of sp³-hybridized carbons (Fsp3) is 0.636. The van der Waals surface area contributed by atoms with E-state index in [1.807, 2.05) is 0 Å². The van der Waals surface area contributed by atoms with E-state index in [1.54, 1.807) is 0 Å². The molecule has 4 nitrogen and oxygen atoms in total. The summed E-state index contributed by atoms with van der Waals surface area (Å²) >= 11 is 0. The summed E-state index contributed by atoms with van der Waals surface area (Å²) in [6.07, 6.45) is -5.10. The SMILES string of the molecule is C=C(C)C(C)(C)C(C(=O)O)N(C)C(=O)C(F)(F)F. The molecule has 0 aliphatic rings. The van der Waals surface area contributed by atoms with Gasteiger partial charge in [0.05, 0.1) is 0 Å². The highest BCUT2D eigenvalue weighted by Gasteiger charge is 2.49. The number of halogens is 3. The Morgan fingerprint density at radius 1 is 1.28 bits per heavy atom. The number of amides is 1. The van der Waals surface area contributed by atoms with E-state index in [-0.39, 0.29) is 4.90 Å². The second kappa shape index (κ2) is 4.99. The number of hydrogen-bond donors (Lipinski definition) is 1. The van der Waals surface area contributed by atoms with Crippen molar-refractivity contribution in [3.63, 3.8) is 0 Å². The van der Waals surface area contributed by atoms with Crippen LogP contribution in [0.15, 0.2) is 12.2 Å². The molecule has 1 atom stereocenters. The number of rotatable bonds is 4. The molecule has 0 aliphatic heterocycles. The van der Waals surface area contributed by atoms with Gasteiger partial charge in [-0.15, -0.1) is 0 Å². The van der Waals surface area contributed by atoms with E-state index in [0.717, 1.165) is 7.05 Å². The first-order valence-electron chi connectivity index (χ1n) is 5.06. The first-order valence-corrected chi connectivity index (χ1v) is 5.06. The topological polar surface area (TPSA) is 57.6 Å². The Hall–Kier alpha value is -1.53. The van der Waals surface area contributed by atoms with Crippen molar-refractivity contribution in [3.8, 4) is 0 Å². The van der Waals surface area contributed by atoms with Gasteiger partial charge in [-0.25, -0.2) is 4.79 Å². The number of carbonyl (C=O) groups excluding carboxylic acids is 1. The Balaban J connectivity index is 5.48. The van der Waals surface area contributed by atoms with E-state index in [0.29, 0.717) is 5.57 Å². The number of nitrogens with zero attached hydrogens (tertiary/aromatic N) is 1. The van der Waals surface area contributed by atoms with Crippen LogP contribution in [0.5, 0.6) is 0 Å². The molecule has 0 radical (unpaired) electrons. The third kappa shape index (κ3) is 3.24. The molecule has 0 heterocycles. The van der Waals surface area contributed by atoms with Crippen molar-refractivity contribution < 1.29 is 27.9 Å². The van der Waals surface area contributed by atoms with Crippen molar-refractivity contribution in [2.75, 3.05) is 7.05 Å². The lowest BCUT2D eigenvalue weighted by atomic mass is 9.78. The van der Waals surface area contributed by atoms with E-state index in [4.69, 9.17) is 5.11 Å². The van der Waals surface area contributed by atoms with Crippen LogP contribution in [-0.2, 0) is 9.59 Å². The van der Waals surface area contributed by atoms with Gasteiger partial charge in [0.2, 0.25) is 0 Å². The summed E-state index contributed by atoms with van der Waals surface area (Å²) in [6.45, 7) is 7.90. The van der Waals surface area contributed by atoms with Crippen molar-refractivity contribution in [2.24, 2.45) is 5.41 Å². The first-order chi connectivity index (χ1) is 7.83. The molecule has 0 saturated heterocycles. The van der Waals surface area contributed by atoms with Gasteiger partial charge in [0.15, 0.2) is 0 Å². The Labute approximate surface area is 103 Å². The Kier molecular flexibility index (Phi) is 4.57. The molecule has 0 aromatic heterocycles. The molecule has 0 rings (SSSR count). The highest BCUT2D eigenvalue weighted by atomic mass is 19.4. The van der Waals surface area contributed by atoms with Gasteiger partial charge in [0.1, 0.15) is 6.04 Å². The summed E-state index contributed by atoms with van der Waals surface area (Å²) in [6, 6.07) is -1.64. The number of carbonyl (C=O) groups is 2. The lowest BCUT2D eigenvalue weighted by Gasteiger charge is -2.38. The second-order valence-electron chi connectivity index (χ2n) is 4.66. The molecule has 0 spiro atoms. The summed E-state index contributed by atoms with van der Waals surface area (Å²) in [5.41, 5.74) is -0.807. The van der Waals surface area contributed by atoms with Gasteiger partial charge in [-0.2, -0.15) is 13.2 Å². The third-order valence-corrected chi connectivity index (χ3v) is 2.97. The van der Waals surface area contributed by atoms with Crippen molar-refractivity contribution in [1.29, 1.82) is 0 Å². The van der Waals surface area contributed by atoms with E-state index >= 15 is 0 Å². The second-order valence-corrected chi connectivity index (χ2v) is 4.66. The van der Waals surface area contributed by atoms with Crippen LogP contribution in [0.3, 0.4) is 0 Å². The predicted molar refractivity (Wildman–Crippen MR) is 58.8 cm³/mol. The van der Waals surface area contributed by atoms with Crippen molar-refractivity contribution >= 4 is 11.9 Å². The average molecular weight is 267 g/mol. The Bertz CT molecular complexity index is 374. The molecular weight excluding hydrogens is 251 g/mol. The fourth-order valence-corrected chi connectivity index (χ4v) is 1.51. The van der Waals surface area contributed by atoms with Gasteiger partial charge >= 0.3 is 18.1 Å². The van der Waals surface area contributed by atoms with Crippen LogP contribution in [0.25, 0.3) is 0 Å². The maximum absolute atomic E-state index is 12.3. The average Bonchev–Trinajstić information content (AvgIpc) is 2.13. The smallest absolute Gasteiger partial charge is 0.471 e. The van der Waals surface area contributed by atoms with E-state index < -0.39 is 29.5 Å². The minimum absolute atomic E-state index is 0.191. The molecule has 0 aromatic carbocycles. The van der Waals surface area contributed by atoms with Gasteiger partial charge in [-0.1, -0.05) is 26.0 Å². The fourth-order valence-electron chi connectivity index (χ4n) is 1.51. The highest BCUT2D eigenvalue weighted by Crippen LogP contribution is 2.33. The van der Waals surface area contributed by atoms with Crippen LogP contribution in [0.1, 0.15) is 20.8 Å². The summed E-state index contributed by atoms with van der Waals surface area (Å²) in [4.78, 5) is 22.4.